The summed E-state index contributed by atoms with van der Waals surface area (Å²) in [6, 6.07) is 17.1. The molecule has 8 nitrogen and oxygen atoms in total. The van der Waals surface area contributed by atoms with Crippen LogP contribution in [0.25, 0.3) is 22.9 Å². The summed E-state index contributed by atoms with van der Waals surface area (Å²) in [5.74, 6) is 0.510. The predicted molar refractivity (Wildman–Crippen MR) is 104 cm³/mol. The predicted octanol–water partition coefficient (Wildman–Crippen LogP) is 3.83. The van der Waals surface area contributed by atoms with Gasteiger partial charge in [0.2, 0.25) is 17.7 Å². The van der Waals surface area contributed by atoms with Crippen molar-refractivity contribution < 1.29 is 13.6 Å². The van der Waals surface area contributed by atoms with Gasteiger partial charge in [0.25, 0.3) is 5.22 Å². The van der Waals surface area contributed by atoms with Gasteiger partial charge in [-0.15, -0.1) is 15.3 Å². The van der Waals surface area contributed by atoms with Crippen molar-refractivity contribution >= 4 is 23.7 Å². The first-order valence-corrected chi connectivity index (χ1v) is 9.39. The lowest BCUT2D eigenvalue weighted by atomic mass is 10.1. The van der Waals surface area contributed by atoms with Crippen molar-refractivity contribution in [3.05, 3.63) is 60.2 Å². The first-order chi connectivity index (χ1) is 13.7. The van der Waals surface area contributed by atoms with Gasteiger partial charge in [-0.3, -0.25) is 10.1 Å². The molecule has 140 valence electrons. The maximum absolute atomic E-state index is 12.1. The SMILES string of the molecule is Cc1ccccc1-c1nnc(SCC(=O)Nc2nnc(-c3ccccc3)o2)o1. The van der Waals surface area contributed by atoms with Crippen LogP contribution in [-0.4, -0.2) is 32.1 Å². The number of hydrogen-bond acceptors (Lipinski definition) is 8. The van der Waals surface area contributed by atoms with Gasteiger partial charge in [-0.25, -0.2) is 0 Å². The van der Waals surface area contributed by atoms with Crippen LogP contribution in [0.1, 0.15) is 5.56 Å². The zero-order valence-electron chi connectivity index (χ0n) is 14.8. The third-order valence-corrected chi connectivity index (χ3v) is 4.62. The van der Waals surface area contributed by atoms with Gasteiger partial charge in [0, 0.05) is 11.1 Å². The molecular formula is C19H15N5O3S. The Balaban J connectivity index is 1.34. The van der Waals surface area contributed by atoms with Gasteiger partial charge in [0.15, 0.2) is 0 Å². The Labute approximate surface area is 164 Å². The van der Waals surface area contributed by atoms with E-state index in [1.807, 2.05) is 61.5 Å². The van der Waals surface area contributed by atoms with Crippen LogP contribution in [0.2, 0.25) is 0 Å². The number of anilines is 1. The summed E-state index contributed by atoms with van der Waals surface area (Å²) in [7, 11) is 0. The molecule has 2 aromatic heterocycles. The van der Waals surface area contributed by atoms with Crippen molar-refractivity contribution in [2.45, 2.75) is 12.1 Å². The van der Waals surface area contributed by atoms with Crippen LogP contribution >= 0.6 is 11.8 Å². The summed E-state index contributed by atoms with van der Waals surface area (Å²) < 4.78 is 11.1. The minimum atomic E-state index is -0.316. The van der Waals surface area contributed by atoms with Gasteiger partial charge in [0.05, 0.1) is 5.75 Å². The van der Waals surface area contributed by atoms with E-state index in [4.69, 9.17) is 8.83 Å². The monoisotopic (exact) mass is 393 g/mol. The van der Waals surface area contributed by atoms with Gasteiger partial charge >= 0.3 is 6.01 Å². The number of aryl methyl sites for hydroxylation is 1. The molecule has 1 amide bonds. The van der Waals surface area contributed by atoms with E-state index in [2.05, 4.69) is 25.7 Å². The van der Waals surface area contributed by atoms with Crippen LogP contribution in [0.4, 0.5) is 6.01 Å². The van der Waals surface area contributed by atoms with E-state index in [0.29, 0.717) is 17.0 Å². The number of nitrogens with zero attached hydrogens (tertiary/aromatic N) is 4. The molecule has 0 saturated heterocycles. The van der Waals surface area contributed by atoms with Crippen molar-refractivity contribution in [2.24, 2.45) is 0 Å². The molecule has 0 saturated carbocycles. The molecule has 4 rings (SSSR count). The van der Waals surface area contributed by atoms with Crippen LogP contribution < -0.4 is 5.32 Å². The van der Waals surface area contributed by atoms with Crippen molar-refractivity contribution in [2.75, 3.05) is 11.1 Å². The molecule has 0 bridgehead atoms. The average Bonchev–Trinajstić information content (AvgIpc) is 3.37. The van der Waals surface area contributed by atoms with Crippen LogP contribution in [0.15, 0.2) is 68.7 Å². The molecule has 1 N–H and O–H groups in total. The fourth-order valence-corrected chi connectivity index (χ4v) is 3.01. The Hall–Kier alpha value is -3.46. The summed E-state index contributed by atoms with van der Waals surface area (Å²) >= 11 is 1.13. The Kier molecular flexibility index (Phi) is 5.16. The molecule has 28 heavy (non-hydrogen) atoms. The number of rotatable bonds is 6. The van der Waals surface area contributed by atoms with Crippen molar-refractivity contribution in [1.29, 1.82) is 0 Å². The average molecular weight is 393 g/mol. The molecule has 0 radical (unpaired) electrons. The molecule has 0 spiro atoms. The molecule has 0 fully saturated rings. The number of carbonyl (C=O) groups excluding carboxylic acids is 1. The highest BCUT2D eigenvalue weighted by atomic mass is 32.2. The Morgan fingerprint density at radius 3 is 2.50 bits per heavy atom. The van der Waals surface area contributed by atoms with E-state index in [9.17, 15) is 4.79 Å². The number of nitrogens with one attached hydrogen (secondary N) is 1. The molecule has 0 aliphatic carbocycles. The highest BCUT2D eigenvalue weighted by Gasteiger charge is 2.15. The number of thioether (sulfide) groups is 1. The van der Waals surface area contributed by atoms with Gasteiger partial charge in [-0.05, 0) is 30.7 Å². The molecule has 9 heteroatoms. The molecule has 0 aliphatic rings. The van der Waals surface area contributed by atoms with E-state index in [1.165, 1.54) is 0 Å². The van der Waals surface area contributed by atoms with Crippen LogP contribution in [0, 0.1) is 6.92 Å². The second kappa shape index (κ2) is 8.05. The summed E-state index contributed by atoms with van der Waals surface area (Å²) in [4.78, 5) is 12.1. The van der Waals surface area contributed by atoms with E-state index in [-0.39, 0.29) is 17.7 Å². The molecule has 0 unspecified atom stereocenters. The standard InChI is InChI=1S/C19H15N5O3S/c1-12-7-5-6-10-14(12)17-22-24-19(27-17)28-11-15(25)20-18-23-21-16(26-18)13-8-3-2-4-9-13/h2-10H,11H2,1H3,(H,20,23,25). The highest BCUT2D eigenvalue weighted by Crippen LogP contribution is 2.25. The fourth-order valence-electron chi connectivity index (χ4n) is 2.44. The normalized spacial score (nSPS) is 10.8. The summed E-state index contributed by atoms with van der Waals surface area (Å²) in [5.41, 5.74) is 2.68. The van der Waals surface area contributed by atoms with Crippen LogP contribution in [0.3, 0.4) is 0 Å². The molecule has 4 aromatic rings. The first-order valence-electron chi connectivity index (χ1n) is 8.40. The number of hydrogen-bond donors (Lipinski definition) is 1. The number of carbonyl (C=O) groups is 1. The molecule has 0 atom stereocenters. The Morgan fingerprint density at radius 1 is 0.929 bits per heavy atom. The van der Waals surface area contributed by atoms with Crippen LogP contribution in [0.5, 0.6) is 0 Å². The second-order valence-electron chi connectivity index (χ2n) is 5.80. The maximum atomic E-state index is 12.1. The van der Waals surface area contributed by atoms with E-state index in [1.54, 1.807) is 0 Å². The Morgan fingerprint density at radius 2 is 1.68 bits per heavy atom. The summed E-state index contributed by atoms with van der Waals surface area (Å²) in [6.07, 6.45) is 0. The second-order valence-corrected chi connectivity index (χ2v) is 6.73. The zero-order chi connectivity index (χ0) is 19.3. The Bertz CT molecular complexity index is 1090. The zero-order valence-corrected chi connectivity index (χ0v) is 15.6. The number of aromatic nitrogens is 4. The van der Waals surface area contributed by atoms with Gasteiger partial charge in [0.1, 0.15) is 0 Å². The third kappa shape index (κ3) is 4.09. The topological polar surface area (TPSA) is 107 Å². The van der Waals surface area contributed by atoms with Gasteiger partial charge in [-0.2, -0.15) is 0 Å². The molecule has 2 heterocycles. The minimum absolute atomic E-state index is 0.0376. The lowest BCUT2D eigenvalue weighted by Crippen LogP contribution is -2.14. The third-order valence-electron chi connectivity index (χ3n) is 3.80. The lowest BCUT2D eigenvalue weighted by Gasteiger charge is -1.99. The molecule has 2 aromatic carbocycles. The van der Waals surface area contributed by atoms with Crippen LogP contribution in [-0.2, 0) is 4.79 Å². The minimum Gasteiger partial charge on any atom is -0.411 e. The summed E-state index contributed by atoms with van der Waals surface area (Å²) in [5, 5.41) is 18.6. The van der Waals surface area contributed by atoms with Gasteiger partial charge < -0.3 is 8.83 Å². The van der Waals surface area contributed by atoms with E-state index in [0.717, 1.165) is 28.5 Å². The van der Waals surface area contributed by atoms with Gasteiger partial charge in [-0.1, -0.05) is 53.3 Å². The smallest absolute Gasteiger partial charge is 0.322 e. The lowest BCUT2D eigenvalue weighted by molar-refractivity contribution is -0.113. The summed E-state index contributed by atoms with van der Waals surface area (Å²) in [6.45, 7) is 1.97. The van der Waals surface area contributed by atoms with Crippen molar-refractivity contribution in [3.8, 4) is 22.9 Å². The van der Waals surface area contributed by atoms with Crippen molar-refractivity contribution in [1.82, 2.24) is 20.4 Å². The van der Waals surface area contributed by atoms with E-state index < -0.39 is 0 Å². The number of benzene rings is 2. The largest absolute Gasteiger partial charge is 0.411 e. The molecule has 0 aliphatic heterocycles. The maximum Gasteiger partial charge on any atom is 0.322 e. The van der Waals surface area contributed by atoms with E-state index >= 15 is 0 Å². The molecular weight excluding hydrogens is 378 g/mol. The fraction of sp³-hybridized carbons (Fsp3) is 0.105. The van der Waals surface area contributed by atoms with Crippen molar-refractivity contribution in [3.63, 3.8) is 0 Å². The quantitative estimate of drug-likeness (QED) is 0.493. The highest BCUT2D eigenvalue weighted by molar-refractivity contribution is 7.99. The number of amides is 1. The first kappa shape index (κ1) is 17.9.